The Kier molecular flexibility index (Phi) is 10.8. The van der Waals surface area contributed by atoms with Gasteiger partial charge in [-0.1, -0.05) is 30.3 Å². The van der Waals surface area contributed by atoms with Crippen molar-refractivity contribution in [3.63, 3.8) is 0 Å². The van der Waals surface area contributed by atoms with E-state index < -0.39 is 36.1 Å². The van der Waals surface area contributed by atoms with Crippen molar-refractivity contribution in [1.82, 2.24) is 10.6 Å². The van der Waals surface area contributed by atoms with Crippen LogP contribution in [0.5, 0.6) is 0 Å². The average molecular weight is 410 g/mol. The molecule has 10 heteroatoms. The number of hydrogen-bond donors (Lipinski definition) is 3. The fourth-order valence-electron chi connectivity index (χ4n) is 2.27. The molecule has 2 atom stereocenters. The average Bonchev–Trinajstić information content (AvgIpc) is 2.73. The van der Waals surface area contributed by atoms with Crippen LogP contribution in [0.3, 0.4) is 0 Å². The molecule has 1 rings (SSSR count). The number of rotatable bonds is 11. The van der Waals surface area contributed by atoms with Gasteiger partial charge in [-0.2, -0.15) is 0 Å². The molecule has 0 fully saturated rings. The Hall–Kier alpha value is -3.14. The second-order valence-corrected chi connectivity index (χ2v) is 6.06. The zero-order chi connectivity index (χ0) is 21.6. The summed E-state index contributed by atoms with van der Waals surface area (Å²) in [6.07, 6.45) is -2.40. The van der Waals surface area contributed by atoms with Gasteiger partial charge in [0.15, 0.2) is 0 Å². The molecule has 1 aromatic carbocycles. The minimum atomic E-state index is -1.20. The topological polar surface area (TPSA) is 140 Å². The highest BCUT2D eigenvalue weighted by atomic mass is 16.5. The van der Waals surface area contributed by atoms with Gasteiger partial charge in [-0.15, -0.1) is 0 Å². The lowest BCUT2D eigenvalue weighted by atomic mass is 10.1. The first-order valence-corrected chi connectivity index (χ1v) is 8.92. The molecule has 0 radical (unpaired) electrons. The summed E-state index contributed by atoms with van der Waals surface area (Å²) in [5.41, 5.74) is 0.809. The minimum absolute atomic E-state index is 0.00869. The number of benzene rings is 1. The van der Waals surface area contributed by atoms with Gasteiger partial charge >= 0.3 is 18.0 Å². The Labute approximate surface area is 168 Å². The standard InChI is InChI=1S/C19H26N2O8/c1-27-17(24)9-8-15(18(25)28-2)21-16(23)10-14(22)11-20-19(26)29-12-13-6-4-3-5-7-13/h3-7,14-15,22H,8-12H2,1-2H3,(H,20,26)(H,21,23)/t14-,15+/m0/s1. The van der Waals surface area contributed by atoms with E-state index in [0.717, 1.165) is 12.7 Å². The number of carbonyl (C=O) groups is 4. The van der Waals surface area contributed by atoms with Crippen LogP contribution in [0.2, 0.25) is 0 Å². The number of aliphatic hydroxyl groups excluding tert-OH is 1. The molecule has 0 spiro atoms. The number of methoxy groups -OCH3 is 2. The number of carbonyl (C=O) groups excluding carboxylic acids is 4. The van der Waals surface area contributed by atoms with Crippen LogP contribution in [-0.4, -0.2) is 62.0 Å². The molecule has 0 aliphatic heterocycles. The van der Waals surface area contributed by atoms with Crippen LogP contribution in [0.15, 0.2) is 30.3 Å². The molecule has 0 unspecified atom stereocenters. The zero-order valence-electron chi connectivity index (χ0n) is 16.4. The van der Waals surface area contributed by atoms with Gasteiger partial charge in [-0.05, 0) is 12.0 Å². The molecule has 10 nitrogen and oxygen atoms in total. The molecule has 0 aliphatic rings. The molecule has 0 saturated heterocycles. The van der Waals surface area contributed by atoms with E-state index in [1.165, 1.54) is 7.11 Å². The SMILES string of the molecule is COC(=O)CC[C@@H](NC(=O)C[C@H](O)CNC(=O)OCc1ccccc1)C(=O)OC. The fourth-order valence-corrected chi connectivity index (χ4v) is 2.27. The van der Waals surface area contributed by atoms with Gasteiger partial charge in [0.05, 0.1) is 26.7 Å². The summed E-state index contributed by atoms with van der Waals surface area (Å²) in [5, 5.41) is 14.6. The zero-order valence-corrected chi connectivity index (χ0v) is 16.4. The number of alkyl carbamates (subject to hydrolysis) is 1. The minimum Gasteiger partial charge on any atom is -0.469 e. The predicted molar refractivity (Wildman–Crippen MR) is 100 cm³/mol. The summed E-state index contributed by atoms with van der Waals surface area (Å²) in [5.74, 6) is -1.90. The molecular formula is C19H26N2O8. The van der Waals surface area contributed by atoms with Crippen LogP contribution < -0.4 is 10.6 Å². The maximum Gasteiger partial charge on any atom is 0.407 e. The van der Waals surface area contributed by atoms with Crippen molar-refractivity contribution in [3.05, 3.63) is 35.9 Å². The van der Waals surface area contributed by atoms with E-state index in [2.05, 4.69) is 20.1 Å². The first kappa shape index (κ1) is 23.9. The molecule has 29 heavy (non-hydrogen) atoms. The third-order valence-electron chi connectivity index (χ3n) is 3.80. The van der Waals surface area contributed by atoms with Crippen molar-refractivity contribution >= 4 is 23.9 Å². The van der Waals surface area contributed by atoms with Crippen molar-refractivity contribution in [2.24, 2.45) is 0 Å². The maximum absolute atomic E-state index is 12.0. The smallest absolute Gasteiger partial charge is 0.407 e. The number of ether oxygens (including phenoxy) is 3. The summed E-state index contributed by atoms with van der Waals surface area (Å²) in [7, 11) is 2.36. The van der Waals surface area contributed by atoms with E-state index in [-0.39, 0.29) is 32.4 Å². The van der Waals surface area contributed by atoms with E-state index in [1.54, 1.807) is 12.1 Å². The van der Waals surface area contributed by atoms with E-state index in [9.17, 15) is 24.3 Å². The van der Waals surface area contributed by atoms with Crippen LogP contribution in [-0.2, 0) is 35.2 Å². The fraction of sp³-hybridized carbons (Fsp3) is 0.474. The lowest BCUT2D eigenvalue weighted by molar-refractivity contribution is -0.146. The second kappa shape index (κ2) is 13.1. The monoisotopic (exact) mass is 410 g/mol. The molecule has 0 aromatic heterocycles. The van der Waals surface area contributed by atoms with Gasteiger partial charge in [0, 0.05) is 13.0 Å². The highest BCUT2D eigenvalue weighted by molar-refractivity contribution is 5.85. The Bertz CT molecular complexity index is 680. The molecule has 2 amide bonds. The molecule has 0 aliphatic carbocycles. The van der Waals surface area contributed by atoms with Gasteiger partial charge in [-0.25, -0.2) is 9.59 Å². The largest absolute Gasteiger partial charge is 0.469 e. The van der Waals surface area contributed by atoms with Crippen molar-refractivity contribution in [2.75, 3.05) is 20.8 Å². The van der Waals surface area contributed by atoms with Crippen molar-refractivity contribution in [2.45, 2.75) is 38.0 Å². The quantitative estimate of drug-likeness (QED) is 0.349. The van der Waals surface area contributed by atoms with E-state index in [0.29, 0.717) is 0 Å². The summed E-state index contributed by atoms with van der Waals surface area (Å²) < 4.78 is 14.1. The summed E-state index contributed by atoms with van der Waals surface area (Å²) in [6, 6.07) is 8.00. The van der Waals surface area contributed by atoms with Crippen molar-refractivity contribution < 1.29 is 38.5 Å². The summed E-state index contributed by atoms with van der Waals surface area (Å²) in [6.45, 7) is -0.143. The van der Waals surface area contributed by atoms with Crippen LogP contribution in [0.25, 0.3) is 0 Å². The lowest BCUT2D eigenvalue weighted by Gasteiger charge is -2.17. The molecule has 0 saturated carbocycles. The Morgan fingerprint density at radius 3 is 2.38 bits per heavy atom. The first-order valence-electron chi connectivity index (χ1n) is 8.92. The summed E-state index contributed by atoms with van der Waals surface area (Å²) >= 11 is 0. The number of amides is 2. The van der Waals surface area contributed by atoms with E-state index in [1.807, 2.05) is 18.2 Å². The summed E-state index contributed by atoms with van der Waals surface area (Å²) in [4.78, 5) is 46.6. The molecular weight excluding hydrogens is 384 g/mol. The highest BCUT2D eigenvalue weighted by Crippen LogP contribution is 2.03. The third kappa shape index (κ3) is 10.1. The number of esters is 2. The highest BCUT2D eigenvalue weighted by Gasteiger charge is 2.24. The van der Waals surface area contributed by atoms with Crippen LogP contribution in [0, 0.1) is 0 Å². The van der Waals surface area contributed by atoms with Gasteiger partial charge in [0.25, 0.3) is 0 Å². The molecule has 0 heterocycles. The maximum atomic E-state index is 12.0. The van der Waals surface area contributed by atoms with Gasteiger partial charge < -0.3 is 30.0 Å². The van der Waals surface area contributed by atoms with Crippen molar-refractivity contribution in [1.29, 1.82) is 0 Å². The molecule has 0 bridgehead atoms. The normalized spacial score (nSPS) is 12.2. The Balaban J connectivity index is 2.35. The molecule has 160 valence electrons. The van der Waals surface area contributed by atoms with Crippen LogP contribution >= 0.6 is 0 Å². The number of hydrogen-bond acceptors (Lipinski definition) is 8. The number of nitrogens with one attached hydrogen (secondary N) is 2. The Morgan fingerprint density at radius 2 is 1.76 bits per heavy atom. The third-order valence-corrected chi connectivity index (χ3v) is 3.80. The van der Waals surface area contributed by atoms with E-state index >= 15 is 0 Å². The Morgan fingerprint density at radius 1 is 1.07 bits per heavy atom. The van der Waals surface area contributed by atoms with Gasteiger partial charge in [0.1, 0.15) is 12.6 Å². The van der Waals surface area contributed by atoms with E-state index in [4.69, 9.17) is 4.74 Å². The predicted octanol–water partition coefficient (Wildman–Crippen LogP) is 0.275. The van der Waals surface area contributed by atoms with Gasteiger partial charge in [0.2, 0.25) is 5.91 Å². The molecule has 1 aromatic rings. The number of aliphatic hydroxyl groups is 1. The second-order valence-electron chi connectivity index (χ2n) is 6.06. The lowest BCUT2D eigenvalue weighted by Crippen LogP contribution is -2.44. The van der Waals surface area contributed by atoms with Crippen LogP contribution in [0.1, 0.15) is 24.8 Å². The van der Waals surface area contributed by atoms with Crippen molar-refractivity contribution in [3.8, 4) is 0 Å². The molecule has 3 N–H and O–H groups in total. The van der Waals surface area contributed by atoms with Crippen LogP contribution in [0.4, 0.5) is 4.79 Å². The van der Waals surface area contributed by atoms with Gasteiger partial charge in [-0.3, -0.25) is 9.59 Å². The first-order chi connectivity index (χ1) is 13.8.